The van der Waals surface area contributed by atoms with Crippen molar-refractivity contribution in [1.29, 1.82) is 0 Å². The standard InChI is InChI=1S/C24H18F4N8O3/c25-16-5-1-12(7-20(16)39-24(26,27)28)10-29-22(37)18-9-19(31-11-30-18)23(38)32-17-6-3-13-8-14(2-4-15(13)17)21-33-35-36-34-21/h1-2,4-5,7-9,11,17H,3,6,10H2,(H,29,37)(H,32,38)(H,33,34,35,36)/t17-/m0/s1. The Morgan fingerprint density at radius 2 is 1.85 bits per heavy atom. The largest absolute Gasteiger partial charge is 0.573 e. The second-order valence-corrected chi connectivity index (χ2v) is 8.50. The molecule has 3 N–H and O–H groups in total. The van der Waals surface area contributed by atoms with Crippen LogP contribution < -0.4 is 15.4 Å². The van der Waals surface area contributed by atoms with Gasteiger partial charge in [0.05, 0.1) is 6.04 Å². The summed E-state index contributed by atoms with van der Waals surface area (Å²) in [7, 11) is 0. The summed E-state index contributed by atoms with van der Waals surface area (Å²) < 4.78 is 54.6. The van der Waals surface area contributed by atoms with Crippen LogP contribution in [0.4, 0.5) is 17.6 Å². The molecule has 0 radical (unpaired) electrons. The van der Waals surface area contributed by atoms with Gasteiger partial charge in [-0.25, -0.2) is 14.4 Å². The average molecular weight is 542 g/mol. The van der Waals surface area contributed by atoms with Gasteiger partial charge in [-0.15, -0.1) is 23.4 Å². The first-order valence-corrected chi connectivity index (χ1v) is 11.5. The van der Waals surface area contributed by atoms with Crippen LogP contribution >= 0.6 is 0 Å². The maximum atomic E-state index is 13.6. The molecule has 15 heteroatoms. The van der Waals surface area contributed by atoms with Crippen molar-refractivity contribution in [2.45, 2.75) is 31.8 Å². The number of hydrogen-bond donors (Lipinski definition) is 3. The molecule has 0 bridgehead atoms. The number of hydrogen-bond acceptors (Lipinski definition) is 8. The number of carbonyl (C=O) groups is 2. The van der Waals surface area contributed by atoms with Gasteiger partial charge in [0.25, 0.3) is 11.8 Å². The van der Waals surface area contributed by atoms with Crippen LogP contribution in [-0.2, 0) is 13.0 Å². The van der Waals surface area contributed by atoms with Gasteiger partial charge in [-0.3, -0.25) is 9.59 Å². The van der Waals surface area contributed by atoms with Gasteiger partial charge in [-0.2, -0.15) is 5.21 Å². The quantitative estimate of drug-likeness (QED) is 0.302. The minimum absolute atomic E-state index is 0.0466. The summed E-state index contributed by atoms with van der Waals surface area (Å²) in [5.74, 6) is -2.99. The van der Waals surface area contributed by atoms with Crippen LogP contribution in [0.3, 0.4) is 0 Å². The number of alkyl halides is 3. The van der Waals surface area contributed by atoms with E-state index in [9.17, 15) is 27.2 Å². The van der Waals surface area contributed by atoms with Crippen LogP contribution in [0.15, 0.2) is 48.8 Å². The first kappa shape index (κ1) is 25.7. The Morgan fingerprint density at radius 3 is 2.59 bits per heavy atom. The van der Waals surface area contributed by atoms with Crippen molar-refractivity contribution in [3.63, 3.8) is 0 Å². The zero-order chi connectivity index (χ0) is 27.6. The predicted molar refractivity (Wildman–Crippen MR) is 124 cm³/mol. The fourth-order valence-electron chi connectivity index (χ4n) is 4.16. The molecule has 2 heterocycles. The molecule has 0 unspecified atom stereocenters. The summed E-state index contributed by atoms with van der Waals surface area (Å²) in [6.07, 6.45) is -2.63. The summed E-state index contributed by atoms with van der Waals surface area (Å²) in [4.78, 5) is 33.3. The maximum Gasteiger partial charge on any atom is 0.573 e. The van der Waals surface area contributed by atoms with Crippen molar-refractivity contribution in [2.75, 3.05) is 0 Å². The normalized spacial score (nSPS) is 14.5. The Kier molecular flexibility index (Phi) is 6.87. The SMILES string of the molecule is O=C(NCc1ccc(F)c(OC(F)(F)F)c1)c1cc(C(=O)N[C@H]2CCc3cc(-c4nn[nH]n4)ccc32)ncn1. The second kappa shape index (κ2) is 10.4. The lowest BCUT2D eigenvalue weighted by atomic mass is 10.0. The molecule has 4 aromatic rings. The number of carbonyl (C=O) groups excluding carboxylic acids is 2. The molecule has 2 aromatic carbocycles. The summed E-state index contributed by atoms with van der Waals surface area (Å²) in [5.41, 5.74) is 2.74. The fraction of sp³-hybridized carbons (Fsp3) is 0.208. The highest BCUT2D eigenvalue weighted by atomic mass is 19.4. The fourth-order valence-corrected chi connectivity index (χ4v) is 4.16. The molecule has 2 amide bonds. The van der Waals surface area contributed by atoms with Crippen LogP contribution in [0.5, 0.6) is 5.75 Å². The molecular formula is C24H18F4N8O3. The molecule has 0 fully saturated rings. The Bertz CT molecular complexity index is 1530. The smallest absolute Gasteiger partial charge is 0.403 e. The number of aryl methyl sites for hydroxylation is 1. The van der Waals surface area contributed by atoms with Crippen molar-refractivity contribution in [3.8, 4) is 17.1 Å². The molecule has 11 nitrogen and oxygen atoms in total. The summed E-state index contributed by atoms with van der Waals surface area (Å²) in [5, 5.41) is 19.3. The Balaban J connectivity index is 1.22. The zero-order valence-corrected chi connectivity index (χ0v) is 19.8. The number of fused-ring (bicyclic) bond motifs is 1. The number of amides is 2. The summed E-state index contributed by atoms with van der Waals surface area (Å²) in [6, 6.07) is 9.41. The van der Waals surface area contributed by atoms with E-state index in [0.717, 1.165) is 41.6 Å². The van der Waals surface area contributed by atoms with Crippen LogP contribution in [0.1, 0.15) is 50.1 Å². The first-order valence-electron chi connectivity index (χ1n) is 11.5. The molecule has 1 aliphatic carbocycles. The summed E-state index contributed by atoms with van der Waals surface area (Å²) >= 11 is 0. The van der Waals surface area contributed by atoms with Crippen molar-refractivity contribution in [2.24, 2.45) is 0 Å². The number of rotatable bonds is 7. The monoisotopic (exact) mass is 542 g/mol. The lowest BCUT2D eigenvalue weighted by Gasteiger charge is -2.14. The topological polar surface area (TPSA) is 148 Å². The van der Waals surface area contributed by atoms with Gasteiger partial charge in [0.1, 0.15) is 17.7 Å². The van der Waals surface area contributed by atoms with E-state index in [1.807, 2.05) is 18.2 Å². The molecule has 5 rings (SSSR count). The third-order valence-corrected chi connectivity index (χ3v) is 5.94. The van der Waals surface area contributed by atoms with Gasteiger partial charge in [-0.1, -0.05) is 18.2 Å². The van der Waals surface area contributed by atoms with Gasteiger partial charge in [0.15, 0.2) is 11.6 Å². The van der Waals surface area contributed by atoms with Gasteiger partial charge in [0.2, 0.25) is 5.82 Å². The number of halogens is 4. The molecule has 2 aromatic heterocycles. The van der Waals surface area contributed by atoms with E-state index in [0.29, 0.717) is 12.2 Å². The van der Waals surface area contributed by atoms with Gasteiger partial charge >= 0.3 is 6.36 Å². The average Bonchev–Trinajstić information content (AvgIpc) is 3.58. The molecule has 1 aliphatic rings. The summed E-state index contributed by atoms with van der Waals surface area (Å²) in [6.45, 7) is -0.246. The van der Waals surface area contributed by atoms with Crippen molar-refractivity contribution in [3.05, 3.63) is 82.7 Å². The van der Waals surface area contributed by atoms with Crippen molar-refractivity contribution >= 4 is 11.8 Å². The van der Waals surface area contributed by atoms with Crippen LogP contribution in [0.2, 0.25) is 0 Å². The number of nitrogens with zero attached hydrogens (tertiary/aromatic N) is 5. The number of benzene rings is 2. The highest BCUT2D eigenvalue weighted by Crippen LogP contribution is 2.33. The predicted octanol–water partition coefficient (Wildman–Crippen LogP) is 3.04. The van der Waals surface area contributed by atoms with E-state index >= 15 is 0 Å². The number of tetrazole rings is 1. The van der Waals surface area contributed by atoms with Crippen LogP contribution in [0, 0.1) is 5.82 Å². The lowest BCUT2D eigenvalue weighted by molar-refractivity contribution is -0.275. The minimum atomic E-state index is -5.07. The van der Waals surface area contributed by atoms with Gasteiger partial charge in [0, 0.05) is 18.2 Å². The maximum absolute atomic E-state index is 13.6. The minimum Gasteiger partial charge on any atom is -0.403 e. The molecule has 0 spiro atoms. The molecule has 0 aliphatic heterocycles. The third kappa shape index (κ3) is 5.97. The van der Waals surface area contributed by atoms with E-state index in [-0.39, 0.29) is 29.5 Å². The van der Waals surface area contributed by atoms with Crippen LogP contribution in [-0.4, -0.2) is 48.8 Å². The van der Waals surface area contributed by atoms with E-state index in [2.05, 4.69) is 46.0 Å². The van der Waals surface area contributed by atoms with E-state index in [1.54, 1.807) is 0 Å². The second-order valence-electron chi connectivity index (χ2n) is 8.50. The molecule has 200 valence electrons. The highest BCUT2D eigenvalue weighted by Gasteiger charge is 2.32. The van der Waals surface area contributed by atoms with E-state index in [1.165, 1.54) is 12.1 Å². The highest BCUT2D eigenvalue weighted by molar-refractivity contribution is 5.97. The number of aromatic amines is 1. The van der Waals surface area contributed by atoms with Gasteiger partial charge < -0.3 is 15.4 Å². The number of H-pyrrole nitrogens is 1. The van der Waals surface area contributed by atoms with E-state index in [4.69, 9.17) is 0 Å². The molecular weight excluding hydrogens is 524 g/mol. The van der Waals surface area contributed by atoms with E-state index < -0.39 is 29.7 Å². The number of nitrogens with one attached hydrogen (secondary N) is 3. The Hall–Kier alpha value is -4.95. The molecule has 0 saturated heterocycles. The van der Waals surface area contributed by atoms with Gasteiger partial charge in [-0.05, 0) is 52.9 Å². The first-order chi connectivity index (χ1) is 18.7. The molecule has 1 atom stereocenters. The Labute approximate surface area is 217 Å². The molecule has 39 heavy (non-hydrogen) atoms. The van der Waals surface area contributed by atoms with Crippen molar-refractivity contribution in [1.82, 2.24) is 41.2 Å². The number of aromatic nitrogens is 6. The lowest BCUT2D eigenvalue weighted by Crippen LogP contribution is -2.29. The van der Waals surface area contributed by atoms with Crippen LogP contribution in [0.25, 0.3) is 11.4 Å². The number of ether oxygens (including phenoxy) is 1. The van der Waals surface area contributed by atoms with Crippen molar-refractivity contribution < 1.29 is 31.9 Å². The zero-order valence-electron chi connectivity index (χ0n) is 19.8. The third-order valence-electron chi connectivity index (χ3n) is 5.94. The Morgan fingerprint density at radius 1 is 1.05 bits per heavy atom. The molecule has 0 saturated carbocycles.